The molecule has 2 rings (SSSR count). The molecule has 1 atom stereocenters. The third kappa shape index (κ3) is 4.44. The SMILES string of the molecule is CNCC1(CN2CCCCC2CCO)CCCCCC1. The van der Waals surface area contributed by atoms with Crippen LogP contribution in [0.1, 0.15) is 64.2 Å². The zero-order valence-corrected chi connectivity index (χ0v) is 13.4. The van der Waals surface area contributed by atoms with Gasteiger partial charge in [-0.2, -0.15) is 0 Å². The van der Waals surface area contributed by atoms with Crippen molar-refractivity contribution in [1.29, 1.82) is 0 Å². The van der Waals surface area contributed by atoms with Crippen molar-refractivity contribution < 1.29 is 5.11 Å². The topological polar surface area (TPSA) is 35.5 Å². The maximum absolute atomic E-state index is 9.32. The summed E-state index contributed by atoms with van der Waals surface area (Å²) >= 11 is 0. The van der Waals surface area contributed by atoms with Gasteiger partial charge in [0.2, 0.25) is 0 Å². The average Bonchev–Trinajstić information content (AvgIpc) is 2.68. The number of hydrogen-bond acceptors (Lipinski definition) is 3. The molecular formula is C17H34N2O. The Morgan fingerprint density at radius 2 is 1.85 bits per heavy atom. The Kier molecular flexibility index (Phi) is 6.79. The molecule has 1 heterocycles. The van der Waals surface area contributed by atoms with Crippen molar-refractivity contribution in [2.45, 2.75) is 70.3 Å². The quantitative estimate of drug-likeness (QED) is 0.735. The minimum Gasteiger partial charge on any atom is -0.396 e. The lowest BCUT2D eigenvalue weighted by Gasteiger charge is -2.43. The first-order valence-electron chi connectivity index (χ1n) is 8.79. The second-order valence-electron chi connectivity index (χ2n) is 7.08. The van der Waals surface area contributed by atoms with Gasteiger partial charge in [0.15, 0.2) is 0 Å². The normalized spacial score (nSPS) is 28.2. The number of rotatable bonds is 6. The summed E-state index contributed by atoms with van der Waals surface area (Å²) in [6.45, 7) is 4.00. The van der Waals surface area contributed by atoms with Crippen molar-refractivity contribution >= 4 is 0 Å². The van der Waals surface area contributed by atoms with Crippen LogP contribution in [0.3, 0.4) is 0 Å². The van der Waals surface area contributed by atoms with Crippen molar-refractivity contribution in [2.24, 2.45) is 5.41 Å². The molecule has 3 heteroatoms. The lowest BCUT2D eigenvalue weighted by Crippen LogP contribution is -2.49. The Balaban J connectivity index is 2.00. The van der Waals surface area contributed by atoms with E-state index in [0.29, 0.717) is 18.1 Å². The molecule has 0 spiro atoms. The molecule has 1 saturated carbocycles. The van der Waals surface area contributed by atoms with E-state index in [1.807, 2.05) is 0 Å². The van der Waals surface area contributed by atoms with E-state index in [9.17, 15) is 5.11 Å². The summed E-state index contributed by atoms with van der Waals surface area (Å²) in [6, 6.07) is 0.630. The van der Waals surface area contributed by atoms with Crippen molar-refractivity contribution in [3.63, 3.8) is 0 Å². The number of nitrogens with zero attached hydrogens (tertiary/aromatic N) is 1. The van der Waals surface area contributed by atoms with Crippen LogP contribution in [0.25, 0.3) is 0 Å². The van der Waals surface area contributed by atoms with Crippen molar-refractivity contribution in [1.82, 2.24) is 10.2 Å². The monoisotopic (exact) mass is 282 g/mol. The predicted octanol–water partition coefficient (Wildman–Crippen LogP) is 2.78. The number of hydrogen-bond donors (Lipinski definition) is 2. The van der Waals surface area contributed by atoms with Gasteiger partial charge in [-0.1, -0.05) is 32.1 Å². The Hall–Kier alpha value is -0.120. The number of aliphatic hydroxyl groups excluding tert-OH is 1. The fourth-order valence-corrected chi connectivity index (χ4v) is 4.42. The molecule has 1 aliphatic carbocycles. The first-order chi connectivity index (χ1) is 9.79. The Bertz CT molecular complexity index is 260. The van der Waals surface area contributed by atoms with E-state index in [1.54, 1.807) is 0 Å². The van der Waals surface area contributed by atoms with Gasteiger partial charge in [-0.25, -0.2) is 0 Å². The minimum absolute atomic E-state index is 0.347. The lowest BCUT2D eigenvalue weighted by molar-refractivity contribution is 0.0575. The molecule has 1 saturated heterocycles. The fraction of sp³-hybridized carbons (Fsp3) is 1.00. The second kappa shape index (κ2) is 8.35. The molecule has 2 fully saturated rings. The largest absolute Gasteiger partial charge is 0.396 e. The van der Waals surface area contributed by atoms with E-state index in [4.69, 9.17) is 0 Å². The van der Waals surface area contributed by atoms with Gasteiger partial charge in [0.25, 0.3) is 0 Å². The smallest absolute Gasteiger partial charge is 0.0445 e. The van der Waals surface area contributed by atoms with Gasteiger partial charge in [0, 0.05) is 25.7 Å². The van der Waals surface area contributed by atoms with Crippen molar-refractivity contribution in [3.8, 4) is 0 Å². The highest BCUT2D eigenvalue weighted by Crippen LogP contribution is 2.37. The number of piperidine rings is 1. The zero-order valence-electron chi connectivity index (χ0n) is 13.4. The van der Waals surface area contributed by atoms with E-state index >= 15 is 0 Å². The summed E-state index contributed by atoms with van der Waals surface area (Å²) < 4.78 is 0. The molecule has 0 aromatic rings. The first-order valence-corrected chi connectivity index (χ1v) is 8.79. The second-order valence-corrected chi connectivity index (χ2v) is 7.08. The molecule has 0 amide bonds. The summed E-state index contributed by atoms with van der Waals surface area (Å²) in [6.07, 6.45) is 13.4. The molecule has 1 aliphatic heterocycles. The molecule has 2 aliphatic rings. The highest BCUT2D eigenvalue weighted by atomic mass is 16.3. The highest BCUT2D eigenvalue weighted by molar-refractivity contribution is 4.89. The van der Waals surface area contributed by atoms with Gasteiger partial charge in [-0.15, -0.1) is 0 Å². The van der Waals surface area contributed by atoms with Crippen LogP contribution >= 0.6 is 0 Å². The van der Waals surface area contributed by atoms with Crippen LogP contribution < -0.4 is 5.32 Å². The average molecular weight is 282 g/mol. The molecule has 1 unspecified atom stereocenters. The highest BCUT2D eigenvalue weighted by Gasteiger charge is 2.35. The fourth-order valence-electron chi connectivity index (χ4n) is 4.42. The van der Waals surface area contributed by atoms with Crippen molar-refractivity contribution in [2.75, 3.05) is 33.3 Å². The number of likely N-dealkylation sites (tertiary alicyclic amines) is 1. The van der Waals surface area contributed by atoms with Crippen molar-refractivity contribution in [3.05, 3.63) is 0 Å². The molecule has 2 N–H and O–H groups in total. The zero-order chi connectivity index (χ0) is 14.3. The molecule has 0 bridgehead atoms. The summed E-state index contributed by atoms with van der Waals surface area (Å²) in [7, 11) is 2.11. The van der Waals surface area contributed by atoms with E-state index < -0.39 is 0 Å². The van der Waals surface area contributed by atoms with Crippen LogP contribution in [0.4, 0.5) is 0 Å². The summed E-state index contributed by atoms with van der Waals surface area (Å²) in [4.78, 5) is 2.71. The third-order valence-electron chi connectivity index (χ3n) is 5.47. The standard InChI is InChI=1S/C17H34N2O/c1-18-14-17(10-5-2-3-6-11-17)15-19-12-7-4-8-16(19)9-13-20/h16,18,20H,2-15H2,1H3. The molecule has 0 radical (unpaired) electrons. The van der Waals surface area contributed by atoms with E-state index in [2.05, 4.69) is 17.3 Å². The van der Waals surface area contributed by atoms with Crippen LogP contribution in [0.2, 0.25) is 0 Å². The van der Waals surface area contributed by atoms with Gasteiger partial charge in [0.05, 0.1) is 0 Å². The summed E-state index contributed by atoms with van der Waals surface area (Å²) in [5, 5.41) is 12.8. The van der Waals surface area contributed by atoms with Crippen LogP contribution in [-0.4, -0.2) is 49.3 Å². The maximum Gasteiger partial charge on any atom is 0.0445 e. The van der Waals surface area contributed by atoms with Gasteiger partial charge in [-0.3, -0.25) is 4.90 Å². The maximum atomic E-state index is 9.32. The predicted molar refractivity (Wildman–Crippen MR) is 85.0 cm³/mol. The number of nitrogens with one attached hydrogen (secondary N) is 1. The molecular weight excluding hydrogens is 248 g/mol. The van der Waals surface area contributed by atoms with Crippen LogP contribution in [-0.2, 0) is 0 Å². The summed E-state index contributed by atoms with van der Waals surface area (Å²) in [5.41, 5.74) is 0.482. The van der Waals surface area contributed by atoms with Crippen LogP contribution in [0, 0.1) is 5.41 Å². The molecule has 20 heavy (non-hydrogen) atoms. The van der Waals surface area contributed by atoms with E-state index in [1.165, 1.54) is 70.9 Å². The molecule has 3 nitrogen and oxygen atoms in total. The van der Waals surface area contributed by atoms with Crippen LogP contribution in [0.15, 0.2) is 0 Å². The number of aliphatic hydroxyl groups is 1. The Labute approximate surface area is 125 Å². The van der Waals surface area contributed by atoms with E-state index in [-0.39, 0.29) is 0 Å². The van der Waals surface area contributed by atoms with Gasteiger partial charge < -0.3 is 10.4 Å². The minimum atomic E-state index is 0.347. The molecule has 118 valence electrons. The third-order valence-corrected chi connectivity index (χ3v) is 5.47. The first kappa shape index (κ1) is 16.3. The molecule has 0 aromatic carbocycles. The van der Waals surface area contributed by atoms with Gasteiger partial charge in [-0.05, 0) is 51.1 Å². The Morgan fingerprint density at radius 3 is 2.50 bits per heavy atom. The van der Waals surface area contributed by atoms with Crippen LogP contribution in [0.5, 0.6) is 0 Å². The van der Waals surface area contributed by atoms with Gasteiger partial charge >= 0.3 is 0 Å². The summed E-state index contributed by atoms with van der Waals surface area (Å²) in [5.74, 6) is 0. The van der Waals surface area contributed by atoms with E-state index in [0.717, 1.165) is 13.0 Å². The van der Waals surface area contributed by atoms with Gasteiger partial charge in [0.1, 0.15) is 0 Å². The lowest BCUT2D eigenvalue weighted by atomic mass is 9.78. The molecule has 0 aromatic heterocycles. The Morgan fingerprint density at radius 1 is 1.10 bits per heavy atom.